The minimum absolute atomic E-state index is 0.0781. The Balaban J connectivity index is 0.888. The van der Waals surface area contributed by atoms with Gasteiger partial charge in [-0.15, -0.1) is 0 Å². The lowest BCUT2D eigenvalue weighted by Gasteiger charge is -2.38. The van der Waals surface area contributed by atoms with Gasteiger partial charge in [-0.2, -0.15) is 4.98 Å². The number of halogens is 1. The van der Waals surface area contributed by atoms with Crippen molar-refractivity contribution in [2.24, 2.45) is 0 Å². The number of carbonyl (C=O) groups excluding carboxylic acids is 4. The number of carbonyl (C=O) groups is 4. The van der Waals surface area contributed by atoms with E-state index < -0.39 is 6.04 Å². The number of ether oxygens (including phenoxy) is 1. The first-order valence-corrected chi connectivity index (χ1v) is 19.3. The smallest absolute Gasteiger partial charge is 0.249 e. The van der Waals surface area contributed by atoms with E-state index in [9.17, 15) is 19.2 Å². The zero-order chi connectivity index (χ0) is 39.2. The van der Waals surface area contributed by atoms with Crippen LogP contribution in [-0.4, -0.2) is 102 Å². The third-order valence-electron chi connectivity index (χ3n) is 10.6. The standard InChI is InChI=1S/C41H46ClN9O5/c1-26(52)31-8-3-4-9-33(31)45-39-32(42)24-43-41(48-39)46-34-11-10-30(23-36(34)56-2)50-18-20-51(21-19-50)38(54)25-49-16-14-27(15-17-49)28-6-5-7-29(22-28)44-35-12-13-37(53)47-40(35)55/h3-11,22-24,27,35,44H,12-21,25H2,1-2H3,(H,47,53,55)(H2,43,45,46,48). The molecule has 56 heavy (non-hydrogen) atoms. The lowest BCUT2D eigenvalue weighted by atomic mass is 9.89. The van der Waals surface area contributed by atoms with Gasteiger partial charge in [0.05, 0.1) is 31.2 Å². The molecule has 4 heterocycles. The van der Waals surface area contributed by atoms with E-state index in [-0.39, 0.29) is 23.5 Å². The van der Waals surface area contributed by atoms with Crippen LogP contribution in [0.5, 0.6) is 5.75 Å². The number of amides is 3. The van der Waals surface area contributed by atoms with Crippen molar-refractivity contribution in [3.8, 4) is 5.75 Å². The molecular formula is C41H46ClN9O5. The molecular weight excluding hydrogens is 734 g/mol. The summed E-state index contributed by atoms with van der Waals surface area (Å²) in [6, 6.07) is 20.8. The highest BCUT2D eigenvalue weighted by atomic mass is 35.5. The van der Waals surface area contributed by atoms with Gasteiger partial charge in [0.15, 0.2) is 11.6 Å². The number of likely N-dealkylation sites (tertiary alicyclic amines) is 1. The highest BCUT2D eigenvalue weighted by molar-refractivity contribution is 6.33. The van der Waals surface area contributed by atoms with Crippen molar-refractivity contribution in [3.05, 3.63) is 89.1 Å². The maximum atomic E-state index is 13.4. The summed E-state index contributed by atoms with van der Waals surface area (Å²) < 4.78 is 5.74. The zero-order valence-corrected chi connectivity index (χ0v) is 32.3. The fourth-order valence-electron chi connectivity index (χ4n) is 7.49. The number of hydrogen-bond donors (Lipinski definition) is 4. The van der Waals surface area contributed by atoms with Crippen LogP contribution in [0.1, 0.15) is 54.4 Å². The van der Waals surface area contributed by atoms with E-state index in [0.717, 1.165) is 37.3 Å². The lowest BCUT2D eigenvalue weighted by molar-refractivity contribution is -0.134. The van der Waals surface area contributed by atoms with Crippen molar-refractivity contribution in [3.63, 3.8) is 0 Å². The lowest BCUT2D eigenvalue weighted by Crippen LogP contribution is -2.51. The number of para-hydroxylation sites is 1. The monoisotopic (exact) mass is 779 g/mol. The van der Waals surface area contributed by atoms with E-state index in [1.807, 2.05) is 41.3 Å². The molecule has 0 spiro atoms. The zero-order valence-electron chi connectivity index (χ0n) is 31.5. The Kier molecular flexibility index (Phi) is 12.0. The summed E-state index contributed by atoms with van der Waals surface area (Å²) in [6.45, 7) is 6.26. The summed E-state index contributed by atoms with van der Waals surface area (Å²) >= 11 is 6.41. The van der Waals surface area contributed by atoms with Crippen molar-refractivity contribution in [1.82, 2.24) is 25.1 Å². The quantitative estimate of drug-likeness (QED) is 0.105. The van der Waals surface area contributed by atoms with E-state index in [0.29, 0.717) is 91.0 Å². The second-order valence-electron chi connectivity index (χ2n) is 14.3. The second-order valence-corrected chi connectivity index (χ2v) is 14.7. The predicted octanol–water partition coefficient (Wildman–Crippen LogP) is 5.57. The summed E-state index contributed by atoms with van der Waals surface area (Å²) in [5.41, 5.74) is 4.88. The summed E-state index contributed by atoms with van der Waals surface area (Å²) in [5, 5.41) is 12.4. The number of hydrogen-bond acceptors (Lipinski definition) is 12. The summed E-state index contributed by atoms with van der Waals surface area (Å²) in [5.74, 6) is 1.21. The third kappa shape index (κ3) is 9.20. The number of anilines is 6. The topological polar surface area (TPSA) is 161 Å². The number of piperazine rings is 1. The number of nitrogens with zero attached hydrogens (tertiary/aromatic N) is 5. The highest BCUT2D eigenvalue weighted by Gasteiger charge is 2.28. The molecule has 1 aromatic heterocycles. The molecule has 7 rings (SSSR count). The number of aromatic nitrogens is 2. The molecule has 1 atom stereocenters. The Morgan fingerprint density at radius 1 is 0.911 bits per heavy atom. The minimum atomic E-state index is -0.413. The Hall–Kier alpha value is -5.73. The number of rotatable bonds is 12. The van der Waals surface area contributed by atoms with Crippen LogP contribution >= 0.6 is 11.6 Å². The van der Waals surface area contributed by atoms with Gasteiger partial charge in [0.2, 0.25) is 23.7 Å². The molecule has 3 aromatic carbocycles. The average Bonchev–Trinajstić information content (AvgIpc) is 3.21. The van der Waals surface area contributed by atoms with E-state index in [1.54, 1.807) is 25.3 Å². The Morgan fingerprint density at radius 2 is 1.70 bits per heavy atom. The number of nitrogens with one attached hydrogen (secondary N) is 4. The first kappa shape index (κ1) is 38.5. The van der Waals surface area contributed by atoms with Crippen molar-refractivity contribution >= 4 is 69.6 Å². The molecule has 3 fully saturated rings. The third-order valence-corrected chi connectivity index (χ3v) is 10.9. The van der Waals surface area contributed by atoms with Crippen LogP contribution in [-0.2, 0) is 14.4 Å². The first-order valence-electron chi connectivity index (χ1n) is 18.9. The SMILES string of the molecule is COc1cc(N2CCN(C(=O)CN3CCC(c4cccc(NC5CCC(=O)NC5=O)c4)CC3)CC2)ccc1Nc1ncc(Cl)c(Nc2ccccc2C(C)=O)n1. The van der Waals surface area contributed by atoms with E-state index in [2.05, 4.69) is 53.2 Å². The molecule has 0 radical (unpaired) electrons. The molecule has 4 N–H and O–H groups in total. The van der Waals surface area contributed by atoms with Crippen molar-refractivity contribution < 1.29 is 23.9 Å². The van der Waals surface area contributed by atoms with Crippen LogP contribution in [0.15, 0.2) is 72.9 Å². The molecule has 4 aromatic rings. The van der Waals surface area contributed by atoms with Gasteiger partial charge in [0, 0.05) is 55.6 Å². The van der Waals surface area contributed by atoms with Crippen LogP contribution in [0.2, 0.25) is 5.02 Å². The second kappa shape index (κ2) is 17.4. The number of benzene rings is 3. The van der Waals surface area contributed by atoms with Crippen LogP contribution < -0.4 is 30.9 Å². The van der Waals surface area contributed by atoms with Crippen LogP contribution in [0, 0.1) is 0 Å². The number of methoxy groups -OCH3 is 1. The highest BCUT2D eigenvalue weighted by Crippen LogP contribution is 2.34. The molecule has 14 nitrogen and oxygen atoms in total. The fraction of sp³-hybridized carbons (Fsp3) is 0.366. The Morgan fingerprint density at radius 3 is 2.45 bits per heavy atom. The summed E-state index contributed by atoms with van der Waals surface area (Å²) in [4.78, 5) is 64.6. The van der Waals surface area contributed by atoms with Gasteiger partial charge in [-0.25, -0.2) is 4.98 Å². The van der Waals surface area contributed by atoms with E-state index >= 15 is 0 Å². The van der Waals surface area contributed by atoms with Crippen molar-refractivity contribution in [2.45, 2.75) is 44.6 Å². The molecule has 0 aliphatic carbocycles. The molecule has 0 saturated carbocycles. The van der Waals surface area contributed by atoms with Crippen LogP contribution in [0.3, 0.4) is 0 Å². The fourth-order valence-corrected chi connectivity index (χ4v) is 7.62. The van der Waals surface area contributed by atoms with E-state index in [4.69, 9.17) is 16.3 Å². The maximum absolute atomic E-state index is 13.4. The van der Waals surface area contributed by atoms with E-state index in [1.165, 1.54) is 18.7 Å². The van der Waals surface area contributed by atoms with Gasteiger partial charge in [-0.05, 0) is 87.2 Å². The van der Waals surface area contributed by atoms with Gasteiger partial charge >= 0.3 is 0 Å². The number of Topliss-reactive ketones (excluding diaryl/α,β-unsaturated/α-hetero) is 1. The van der Waals surface area contributed by atoms with Gasteiger partial charge < -0.3 is 30.5 Å². The molecule has 1 unspecified atom stereocenters. The molecule has 3 saturated heterocycles. The maximum Gasteiger partial charge on any atom is 0.249 e. The molecule has 3 amide bonds. The molecule has 3 aliphatic heterocycles. The molecule has 3 aliphatic rings. The van der Waals surface area contributed by atoms with Crippen molar-refractivity contribution in [2.75, 3.05) is 73.8 Å². The number of piperidine rings is 2. The molecule has 0 bridgehead atoms. The normalized spacial score (nSPS) is 17.9. The summed E-state index contributed by atoms with van der Waals surface area (Å²) in [6.07, 6.45) is 4.22. The van der Waals surface area contributed by atoms with Gasteiger partial charge in [-0.3, -0.25) is 29.4 Å². The molecule has 292 valence electrons. The minimum Gasteiger partial charge on any atom is -0.494 e. The molecule has 15 heteroatoms. The van der Waals surface area contributed by atoms with Crippen LogP contribution in [0.4, 0.5) is 34.5 Å². The predicted molar refractivity (Wildman–Crippen MR) is 216 cm³/mol. The first-order chi connectivity index (χ1) is 27.1. The van der Waals surface area contributed by atoms with Gasteiger partial charge in [-0.1, -0.05) is 35.9 Å². The van der Waals surface area contributed by atoms with Gasteiger partial charge in [0.1, 0.15) is 16.8 Å². The number of ketones is 1. The largest absolute Gasteiger partial charge is 0.494 e. The summed E-state index contributed by atoms with van der Waals surface area (Å²) in [7, 11) is 1.61. The van der Waals surface area contributed by atoms with Gasteiger partial charge in [0.25, 0.3) is 0 Å². The Labute approximate surface area is 331 Å². The van der Waals surface area contributed by atoms with Crippen LogP contribution in [0.25, 0.3) is 0 Å². The number of imide groups is 1. The Bertz CT molecular complexity index is 2100. The van der Waals surface area contributed by atoms with Crippen molar-refractivity contribution in [1.29, 1.82) is 0 Å². The average molecular weight is 780 g/mol.